The molecule has 0 aromatic carbocycles. The van der Waals surface area contributed by atoms with Crippen molar-refractivity contribution in [2.24, 2.45) is 0 Å². The van der Waals surface area contributed by atoms with Gasteiger partial charge in [-0.15, -0.1) is 0 Å². The molecule has 16 heavy (non-hydrogen) atoms. The van der Waals surface area contributed by atoms with Crippen LogP contribution < -0.4 is 5.56 Å². The molecule has 0 saturated carbocycles. The Hall–Kier alpha value is -1.20. The standard InChI is InChI=1S/C11H16N2O3/c1-7-8(4-5-14)11(15)13-10(12-7)9-3-2-6-16-9/h9,14H,2-6H2,1H3,(H,12,13,15). The zero-order valence-electron chi connectivity index (χ0n) is 9.32. The minimum absolute atomic E-state index is 0.0368. The lowest BCUT2D eigenvalue weighted by Crippen LogP contribution is -2.21. The number of nitrogens with zero attached hydrogens (tertiary/aromatic N) is 1. The quantitative estimate of drug-likeness (QED) is 0.782. The molecule has 0 radical (unpaired) electrons. The van der Waals surface area contributed by atoms with Crippen LogP contribution in [0.15, 0.2) is 4.79 Å². The van der Waals surface area contributed by atoms with Gasteiger partial charge in [0.1, 0.15) is 11.9 Å². The van der Waals surface area contributed by atoms with Gasteiger partial charge in [0.05, 0.1) is 0 Å². The Bertz CT molecular complexity index is 422. The number of aliphatic hydroxyl groups excluding tert-OH is 1. The molecule has 2 N–H and O–H groups in total. The number of aromatic amines is 1. The van der Waals surface area contributed by atoms with E-state index in [2.05, 4.69) is 9.97 Å². The summed E-state index contributed by atoms with van der Waals surface area (Å²) in [7, 11) is 0. The van der Waals surface area contributed by atoms with Crippen LogP contribution in [0.4, 0.5) is 0 Å². The summed E-state index contributed by atoms with van der Waals surface area (Å²) < 4.78 is 5.47. The van der Waals surface area contributed by atoms with Crippen molar-refractivity contribution in [3.63, 3.8) is 0 Å². The van der Waals surface area contributed by atoms with E-state index in [9.17, 15) is 4.79 Å². The number of ether oxygens (including phenoxy) is 1. The predicted octanol–water partition coefficient (Wildman–Crippen LogP) is 0.465. The van der Waals surface area contributed by atoms with Crippen LogP contribution in [0, 0.1) is 6.92 Å². The molecular weight excluding hydrogens is 208 g/mol. The molecule has 0 amide bonds. The third-order valence-electron chi connectivity index (χ3n) is 2.84. The first-order valence-electron chi connectivity index (χ1n) is 5.54. The molecule has 1 atom stereocenters. The number of H-pyrrole nitrogens is 1. The summed E-state index contributed by atoms with van der Waals surface area (Å²) in [6.07, 6.45) is 2.18. The number of hydrogen-bond donors (Lipinski definition) is 2. The number of aryl methyl sites for hydroxylation is 1. The maximum atomic E-state index is 11.7. The number of nitrogens with one attached hydrogen (secondary N) is 1. The van der Waals surface area contributed by atoms with Crippen molar-refractivity contribution in [3.05, 3.63) is 27.4 Å². The van der Waals surface area contributed by atoms with Crippen LogP contribution in [-0.2, 0) is 11.2 Å². The maximum absolute atomic E-state index is 11.7. The Balaban J connectivity index is 2.32. The van der Waals surface area contributed by atoms with Gasteiger partial charge in [-0.2, -0.15) is 0 Å². The first kappa shape index (κ1) is 11.3. The van der Waals surface area contributed by atoms with E-state index in [1.54, 1.807) is 6.92 Å². The van der Waals surface area contributed by atoms with Crippen LogP contribution in [-0.4, -0.2) is 28.3 Å². The maximum Gasteiger partial charge on any atom is 0.254 e. The molecule has 2 rings (SSSR count). The van der Waals surface area contributed by atoms with Gasteiger partial charge >= 0.3 is 0 Å². The summed E-state index contributed by atoms with van der Waals surface area (Å²) in [6, 6.07) is 0. The predicted molar refractivity (Wildman–Crippen MR) is 58.3 cm³/mol. The fourth-order valence-corrected chi connectivity index (χ4v) is 1.98. The van der Waals surface area contributed by atoms with Gasteiger partial charge in [0, 0.05) is 30.9 Å². The van der Waals surface area contributed by atoms with E-state index >= 15 is 0 Å². The van der Waals surface area contributed by atoms with E-state index in [1.165, 1.54) is 0 Å². The van der Waals surface area contributed by atoms with Gasteiger partial charge in [0.25, 0.3) is 5.56 Å². The lowest BCUT2D eigenvalue weighted by Gasteiger charge is -2.10. The number of aromatic nitrogens is 2. The summed E-state index contributed by atoms with van der Waals surface area (Å²) >= 11 is 0. The Labute approximate surface area is 93.5 Å². The lowest BCUT2D eigenvalue weighted by atomic mass is 10.1. The Morgan fingerprint density at radius 2 is 2.44 bits per heavy atom. The van der Waals surface area contributed by atoms with E-state index in [0.717, 1.165) is 19.4 Å². The Kier molecular flexibility index (Phi) is 3.36. The molecule has 1 aliphatic heterocycles. The smallest absolute Gasteiger partial charge is 0.254 e. The van der Waals surface area contributed by atoms with Gasteiger partial charge in [0.2, 0.25) is 0 Å². The molecule has 0 aliphatic carbocycles. The summed E-state index contributed by atoms with van der Waals surface area (Å²) in [5, 5.41) is 8.84. The van der Waals surface area contributed by atoms with E-state index in [0.29, 0.717) is 23.5 Å². The highest BCUT2D eigenvalue weighted by molar-refractivity contribution is 5.17. The third kappa shape index (κ3) is 2.15. The molecular formula is C11H16N2O3. The third-order valence-corrected chi connectivity index (χ3v) is 2.84. The van der Waals surface area contributed by atoms with Crippen LogP contribution in [0.5, 0.6) is 0 Å². The molecule has 1 saturated heterocycles. The molecule has 0 bridgehead atoms. The minimum atomic E-state index is -0.160. The highest BCUT2D eigenvalue weighted by Gasteiger charge is 2.21. The van der Waals surface area contributed by atoms with Crippen molar-refractivity contribution in [1.82, 2.24) is 9.97 Å². The number of aliphatic hydroxyl groups is 1. The zero-order valence-corrected chi connectivity index (χ0v) is 9.32. The van der Waals surface area contributed by atoms with Crippen LogP contribution in [0.2, 0.25) is 0 Å². The fraction of sp³-hybridized carbons (Fsp3) is 0.636. The summed E-state index contributed by atoms with van der Waals surface area (Å²) in [6.45, 7) is 2.48. The summed E-state index contributed by atoms with van der Waals surface area (Å²) in [5.41, 5.74) is 1.08. The second-order valence-corrected chi connectivity index (χ2v) is 3.99. The summed E-state index contributed by atoms with van der Waals surface area (Å²) in [4.78, 5) is 18.8. The van der Waals surface area contributed by atoms with E-state index in [4.69, 9.17) is 9.84 Å². The first-order valence-corrected chi connectivity index (χ1v) is 5.54. The monoisotopic (exact) mass is 224 g/mol. The van der Waals surface area contributed by atoms with Gasteiger partial charge in [-0.25, -0.2) is 4.98 Å². The van der Waals surface area contributed by atoms with Crippen molar-refractivity contribution >= 4 is 0 Å². The van der Waals surface area contributed by atoms with Crippen molar-refractivity contribution in [1.29, 1.82) is 0 Å². The Morgan fingerprint density at radius 3 is 3.00 bits per heavy atom. The second kappa shape index (κ2) is 4.76. The molecule has 1 aliphatic rings. The first-order chi connectivity index (χ1) is 7.72. The van der Waals surface area contributed by atoms with Gasteiger partial charge in [0.15, 0.2) is 0 Å². The van der Waals surface area contributed by atoms with Crippen molar-refractivity contribution in [3.8, 4) is 0 Å². The highest BCUT2D eigenvalue weighted by atomic mass is 16.5. The number of rotatable bonds is 3. The van der Waals surface area contributed by atoms with Gasteiger partial charge in [-0.05, 0) is 19.8 Å². The molecule has 1 aromatic rings. The van der Waals surface area contributed by atoms with Crippen molar-refractivity contribution in [2.75, 3.05) is 13.2 Å². The topological polar surface area (TPSA) is 75.2 Å². The highest BCUT2D eigenvalue weighted by Crippen LogP contribution is 2.25. The molecule has 5 nitrogen and oxygen atoms in total. The van der Waals surface area contributed by atoms with E-state index in [1.807, 2.05) is 0 Å². The molecule has 5 heteroatoms. The second-order valence-electron chi connectivity index (χ2n) is 3.99. The zero-order chi connectivity index (χ0) is 11.5. The molecule has 1 fully saturated rings. The van der Waals surface area contributed by atoms with E-state index in [-0.39, 0.29) is 18.3 Å². The van der Waals surface area contributed by atoms with Gasteiger partial charge in [-0.1, -0.05) is 0 Å². The lowest BCUT2D eigenvalue weighted by molar-refractivity contribution is 0.104. The van der Waals surface area contributed by atoms with Crippen LogP contribution in [0.25, 0.3) is 0 Å². The average molecular weight is 224 g/mol. The molecule has 2 heterocycles. The molecule has 1 aromatic heterocycles. The van der Waals surface area contributed by atoms with Gasteiger partial charge < -0.3 is 14.8 Å². The SMILES string of the molecule is Cc1nc(C2CCCO2)[nH]c(=O)c1CCO. The summed E-state index contributed by atoms with van der Waals surface area (Å²) in [5.74, 6) is 0.613. The normalized spacial score (nSPS) is 20.2. The van der Waals surface area contributed by atoms with Crippen molar-refractivity contribution in [2.45, 2.75) is 32.3 Å². The fourth-order valence-electron chi connectivity index (χ4n) is 1.98. The van der Waals surface area contributed by atoms with Crippen LogP contribution >= 0.6 is 0 Å². The Morgan fingerprint density at radius 1 is 1.62 bits per heavy atom. The van der Waals surface area contributed by atoms with Gasteiger partial charge in [-0.3, -0.25) is 4.79 Å². The van der Waals surface area contributed by atoms with E-state index < -0.39 is 0 Å². The molecule has 0 spiro atoms. The minimum Gasteiger partial charge on any atom is -0.396 e. The largest absolute Gasteiger partial charge is 0.396 e. The molecule has 88 valence electrons. The van der Waals surface area contributed by atoms with Crippen LogP contribution in [0.1, 0.15) is 36.0 Å². The average Bonchev–Trinajstić information content (AvgIpc) is 2.76. The number of hydrogen-bond acceptors (Lipinski definition) is 4. The van der Waals surface area contributed by atoms with Crippen molar-refractivity contribution < 1.29 is 9.84 Å². The van der Waals surface area contributed by atoms with Crippen LogP contribution in [0.3, 0.4) is 0 Å². The molecule has 1 unspecified atom stereocenters.